The van der Waals surface area contributed by atoms with Crippen LogP contribution in [0.25, 0.3) is 5.69 Å². The Morgan fingerprint density at radius 3 is 2.69 bits per heavy atom. The van der Waals surface area contributed by atoms with Gasteiger partial charge in [-0.1, -0.05) is 17.7 Å². The monoisotopic (exact) mass is 377 g/mol. The van der Waals surface area contributed by atoms with E-state index in [-0.39, 0.29) is 5.69 Å². The van der Waals surface area contributed by atoms with E-state index in [2.05, 4.69) is 20.2 Å². The molecule has 1 saturated heterocycles. The van der Waals surface area contributed by atoms with Crippen LogP contribution in [0.1, 0.15) is 40.2 Å². The van der Waals surface area contributed by atoms with Crippen molar-refractivity contribution in [3.05, 3.63) is 40.7 Å². The number of aryl methyl sites for hydroxylation is 3. The molecule has 0 saturated carbocycles. The number of carbonyl (C=O) groups is 1. The van der Waals surface area contributed by atoms with Gasteiger partial charge in [0.15, 0.2) is 5.69 Å². The zero-order chi connectivity index (χ0) is 18.9. The second-order valence-electron chi connectivity index (χ2n) is 6.66. The van der Waals surface area contributed by atoms with Gasteiger partial charge < -0.3 is 5.32 Å². The molecule has 2 aromatic rings. The Balaban J connectivity index is 1.83. The van der Waals surface area contributed by atoms with E-state index in [4.69, 9.17) is 0 Å². The molecule has 26 heavy (non-hydrogen) atoms. The summed E-state index contributed by atoms with van der Waals surface area (Å²) in [5.74, 6) is -0.746. The first kappa shape index (κ1) is 18.5. The number of rotatable bonds is 4. The Bertz CT molecular complexity index is 930. The molecule has 2 heterocycles. The standard InChI is InChI=1S/C17H23N5O3S/c1-11-6-7-15(12(2)9-11)22-19-13(3)16(20-22)17(23)21-26(24,25)14-5-4-8-18-10-14/h6-7,9,14,18H,4-5,8,10H2,1-3H3,(H,21,23)/t14-/m0/s1. The molecule has 1 aromatic heterocycles. The Labute approximate surface area is 153 Å². The van der Waals surface area contributed by atoms with Gasteiger partial charge in [-0.25, -0.2) is 13.1 Å². The Morgan fingerprint density at radius 1 is 1.27 bits per heavy atom. The number of hydrogen-bond acceptors (Lipinski definition) is 6. The average Bonchev–Trinajstić information content (AvgIpc) is 2.97. The van der Waals surface area contributed by atoms with Crippen LogP contribution in [-0.2, 0) is 10.0 Å². The van der Waals surface area contributed by atoms with Crippen LogP contribution in [-0.4, -0.2) is 47.7 Å². The lowest BCUT2D eigenvalue weighted by molar-refractivity contribution is 0.0975. The molecule has 2 N–H and O–H groups in total. The molecular weight excluding hydrogens is 354 g/mol. The third kappa shape index (κ3) is 3.78. The van der Waals surface area contributed by atoms with Crippen LogP contribution in [0.3, 0.4) is 0 Å². The largest absolute Gasteiger partial charge is 0.315 e. The Morgan fingerprint density at radius 2 is 2.04 bits per heavy atom. The van der Waals surface area contributed by atoms with Crippen LogP contribution in [0.15, 0.2) is 18.2 Å². The number of carbonyl (C=O) groups excluding carboxylic acids is 1. The van der Waals surface area contributed by atoms with Crippen molar-refractivity contribution in [2.75, 3.05) is 13.1 Å². The number of sulfonamides is 1. The molecule has 0 unspecified atom stereocenters. The molecule has 0 bridgehead atoms. The molecule has 1 amide bonds. The molecule has 3 rings (SSSR count). The molecule has 1 fully saturated rings. The molecule has 140 valence electrons. The van der Waals surface area contributed by atoms with Gasteiger partial charge in [0.1, 0.15) is 0 Å². The van der Waals surface area contributed by atoms with Crippen molar-refractivity contribution in [2.45, 2.75) is 38.9 Å². The van der Waals surface area contributed by atoms with E-state index in [9.17, 15) is 13.2 Å². The first-order valence-electron chi connectivity index (χ1n) is 8.56. The molecule has 0 aliphatic carbocycles. The highest BCUT2D eigenvalue weighted by atomic mass is 32.2. The normalized spacial score (nSPS) is 17.9. The van der Waals surface area contributed by atoms with Crippen molar-refractivity contribution in [1.29, 1.82) is 0 Å². The second-order valence-corrected chi connectivity index (χ2v) is 8.62. The summed E-state index contributed by atoms with van der Waals surface area (Å²) in [7, 11) is -3.76. The minimum absolute atomic E-state index is 0.0114. The minimum atomic E-state index is -3.76. The van der Waals surface area contributed by atoms with E-state index in [0.29, 0.717) is 18.7 Å². The summed E-state index contributed by atoms with van der Waals surface area (Å²) >= 11 is 0. The predicted molar refractivity (Wildman–Crippen MR) is 97.8 cm³/mol. The van der Waals surface area contributed by atoms with E-state index in [1.165, 1.54) is 4.80 Å². The van der Waals surface area contributed by atoms with Crippen LogP contribution < -0.4 is 10.0 Å². The van der Waals surface area contributed by atoms with E-state index >= 15 is 0 Å². The summed E-state index contributed by atoms with van der Waals surface area (Å²) in [5, 5.41) is 10.9. The molecule has 0 spiro atoms. The third-order valence-corrected chi connectivity index (χ3v) is 6.24. The van der Waals surface area contributed by atoms with Gasteiger partial charge >= 0.3 is 0 Å². The fourth-order valence-electron chi connectivity index (χ4n) is 3.07. The van der Waals surface area contributed by atoms with Crippen LogP contribution in [0, 0.1) is 20.8 Å². The van der Waals surface area contributed by atoms with Gasteiger partial charge in [0.25, 0.3) is 5.91 Å². The Hall–Kier alpha value is -2.26. The summed E-state index contributed by atoms with van der Waals surface area (Å²) in [6, 6.07) is 5.80. The SMILES string of the molecule is Cc1ccc(-n2nc(C)c(C(=O)NS(=O)(=O)[C@H]3CCCNC3)n2)c(C)c1. The quantitative estimate of drug-likeness (QED) is 0.824. The molecule has 0 radical (unpaired) electrons. The first-order chi connectivity index (χ1) is 12.3. The summed E-state index contributed by atoms with van der Waals surface area (Å²) in [5.41, 5.74) is 3.21. The van der Waals surface area contributed by atoms with E-state index in [0.717, 1.165) is 29.8 Å². The Kier molecular flexibility index (Phi) is 5.10. The molecule has 1 aromatic carbocycles. The fraction of sp³-hybridized carbons (Fsp3) is 0.471. The van der Waals surface area contributed by atoms with Gasteiger partial charge in [-0.2, -0.15) is 9.90 Å². The van der Waals surface area contributed by atoms with Crippen molar-refractivity contribution in [3.63, 3.8) is 0 Å². The zero-order valence-corrected chi connectivity index (χ0v) is 15.9. The maximum Gasteiger partial charge on any atom is 0.287 e. The maximum absolute atomic E-state index is 12.5. The number of hydrogen-bond donors (Lipinski definition) is 2. The van der Waals surface area contributed by atoms with Crippen molar-refractivity contribution in [3.8, 4) is 5.69 Å². The number of nitrogens with one attached hydrogen (secondary N) is 2. The van der Waals surface area contributed by atoms with Gasteiger partial charge in [0.05, 0.1) is 16.6 Å². The summed E-state index contributed by atoms with van der Waals surface area (Å²) in [4.78, 5) is 13.8. The summed E-state index contributed by atoms with van der Waals surface area (Å²) in [6.45, 7) is 6.70. The molecule has 8 nitrogen and oxygen atoms in total. The lowest BCUT2D eigenvalue weighted by atomic mass is 10.1. The summed E-state index contributed by atoms with van der Waals surface area (Å²) in [6.07, 6.45) is 1.30. The highest BCUT2D eigenvalue weighted by Crippen LogP contribution is 2.16. The lowest BCUT2D eigenvalue weighted by Crippen LogP contribution is -2.46. The number of aromatic nitrogens is 3. The first-order valence-corrected chi connectivity index (χ1v) is 10.1. The van der Waals surface area contributed by atoms with Crippen molar-refractivity contribution < 1.29 is 13.2 Å². The van der Waals surface area contributed by atoms with Crippen LogP contribution in [0.5, 0.6) is 0 Å². The smallest absolute Gasteiger partial charge is 0.287 e. The second kappa shape index (κ2) is 7.16. The maximum atomic E-state index is 12.5. The van der Waals surface area contributed by atoms with Crippen molar-refractivity contribution >= 4 is 15.9 Å². The van der Waals surface area contributed by atoms with Crippen LogP contribution in [0.2, 0.25) is 0 Å². The van der Waals surface area contributed by atoms with Gasteiger partial charge in [0, 0.05) is 6.54 Å². The zero-order valence-electron chi connectivity index (χ0n) is 15.1. The molecule has 9 heteroatoms. The van der Waals surface area contributed by atoms with E-state index in [1.54, 1.807) is 6.92 Å². The highest BCUT2D eigenvalue weighted by Gasteiger charge is 2.30. The highest BCUT2D eigenvalue weighted by molar-refractivity contribution is 7.90. The fourth-order valence-corrected chi connectivity index (χ4v) is 4.41. The lowest BCUT2D eigenvalue weighted by Gasteiger charge is -2.22. The van der Waals surface area contributed by atoms with Gasteiger partial charge in [-0.05, 0) is 51.8 Å². The van der Waals surface area contributed by atoms with E-state index in [1.807, 2.05) is 32.0 Å². The molecule has 1 aliphatic heterocycles. The number of benzene rings is 1. The number of nitrogens with zero attached hydrogens (tertiary/aromatic N) is 3. The topological polar surface area (TPSA) is 106 Å². The predicted octanol–water partition coefficient (Wildman–Crippen LogP) is 1.00. The van der Waals surface area contributed by atoms with E-state index < -0.39 is 21.2 Å². The van der Waals surface area contributed by atoms with Gasteiger partial charge in [-0.3, -0.25) is 4.79 Å². The van der Waals surface area contributed by atoms with Crippen molar-refractivity contribution in [1.82, 2.24) is 25.0 Å². The van der Waals surface area contributed by atoms with Gasteiger partial charge in [-0.15, -0.1) is 5.10 Å². The third-order valence-electron chi connectivity index (χ3n) is 4.49. The number of amides is 1. The van der Waals surface area contributed by atoms with Crippen LogP contribution in [0.4, 0.5) is 0 Å². The van der Waals surface area contributed by atoms with Crippen molar-refractivity contribution in [2.24, 2.45) is 0 Å². The van der Waals surface area contributed by atoms with Crippen LogP contribution >= 0.6 is 0 Å². The average molecular weight is 377 g/mol. The molecular formula is C17H23N5O3S. The molecule has 1 aliphatic rings. The minimum Gasteiger partial charge on any atom is -0.315 e. The summed E-state index contributed by atoms with van der Waals surface area (Å²) < 4.78 is 27.0. The van der Waals surface area contributed by atoms with Gasteiger partial charge in [0.2, 0.25) is 10.0 Å². The number of piperidine rings is 1. The molecule has 1 atom stereocenters.